The molecule has 2 aliphatic heterocycles. The van der Waals surface area contributed by atoms with Gasteiger partial charge in [0.15, 0.2) is 0 Å². The molecule has 2 saturated heterocycles. The molecule has 0 saturated carbocycles. The molecule has 0 aliphatic carbocycles. The molecule has 0 atom stereocenters. The van der Waals surface area contributed by atoms with Gasteiger partial charge in [-0.1, -0.05) is 18.2 Å². The van der Waals surface area contributed by atoms with Gasteiger partial charge in [0.05, 0.1) is 11.2 Å². The minimum absolute atomic E-state index is 0.271. The molecule has 0 aromatic heterocycles. The number of rotatable bonds is 2. The van der Waals surface area contributed by atoms with E-state index >= 15 is 0 Å². The van der Waals surface area contributed by atoms with Crippen LogP contribution in [0.4, 0.5) is 0 Å². The van der Waals surface area contributed by atoms with Crippen LogP contribution in [-0.2, 0) is 14.0 Å². The largest absolute Gasteiger partial charge is 0.494 e. The van der Waals surface area contributed by atoms with Crippen LogP contribution < -0.4 is 5.46 Å². The summed E-state index contributed by atoms with van der Waals surface area (Å²) in [5.74, 6) is 0.626. The summed E-state index contributed by atoms with van der Waals surface area (Å²) in [7, 11) is -0.271. The Kier molecular flexibility index (Phi) is 4.13. The summed E-state index contributed by atoms with van der Waals surface area (Å²) in [5, 5.41) is 0. The Morgan fingerprint density at radius 3 is 2.14 bits per heavy atom. The summed E-state index contributed by atoms with van der Waals surface area (Å²) < 4.78 is 17.8. The Bertz CT molecular complexity index is 531. The molecule has 120 valence electrons. The fourth-order valence-electron chi connectivity index (χ4n) is 3.29. The van der Waals surface area contributed by atoms with Gasteiger partial charge >= 0.3 is 7.12 Å². The highest BCUT2D eigenvalue weighted by molar-refractivity contribution is 6.62. The SMILES string of the molecule is Cc1cc(B2OC(C)(C)C(C)(C)O2)ccc1C1CCOCC1. The van der Waals surface area contributed by atoms with E-state index in [1.54, 1.807) is 0 Å². The van der Waals surface area contributed by atoms with Crippen LogP contribution in [0.15, 0.2) is 18.2 Å². The van der Waals surface area contributed by atoms with Crippen molar-refractivity contribution in [3.8, 4) is 0 Å². The predicted molar refractivity (Wildman–Crippen MR) is 89.7 cm³/mol. The second-order valence-corrected chi connectivity index (χ2v) is 7.59. The fraction of sp³-hybridized carbons (Fsp3) is 0.667. The summed E-state index contributed by atoms with van der Waals surface area (Å²) in [6.07, 6.45) is 2.24. The Labute approximate surface area is 134 Å². The first-order valence-electron chi connectivity index (χ1n) is 8.34. The van der Waals surface area contributed by atoms with E-state index in [2.05, 4.69) is 52.8 Å². The van der Waals surface area contributed by atoms with Crippen LogP contribution in [-0.4, -0.2) is 31.5 Å². The molecule has 4 heteroatoms. The van der Waals surface area contributed by atoms with Gasteiger partial charge in [-0.25, -0.2) is 0 Å². The van der Waals surface area contributed by atoms with Crippen molar-refractivity contribution in [2.24, 2.45) is 0 Å². The first kappa shape index (κ1) is 16.0. The van der Waals surface area contributed by atoms with Crippen LogP contribution in [0.3, 0.4) is 0 Å². The molecule has 22 heavy (non-hydrogen) atoms. The summed E-state index contributed by atoms with van der Waals surface area (Å²) >= 11 is 0. The van der Waals surface area contributed by atoms with Gasteiger partial charge in [0.1, 0.15) is 0 Å². The van der Waals surface area contributed by atoms with Crippen LogP contribution in [0.25, 0.3) is 0 Å². The van der Waals surface area contributed by atoms with E-state index in [4.69, 9.17) is 14.0 Å². The second kappa shape index (κ2) is 5.66. The van der Waals surface area contributed by atoms with Gasteiger partial charge in [-0.2, -0.15) is 0 Å². The van der Waals surface area contributed by atoms with Crippen molar-refractivity contribution in [2.45, 2.75) is 64.6 Å². The number of ether oxygens (including phenoxy) is 1. The third kappa shape index (κ3) is 2.84. The molecule has 1 aromatic rings. The van der Waals surface area contributed by atoms with Gasteiger partial charge in [-0.05, 0) is 70.0 Å². The molecule has 0 bridgehead atoms. The standard InChI is InChI=1S/C18H27BO3/c1-13-12-15(19-21-17(2,3)18(4,5)22-19)6-7-16(13)14-8-10-20-11-9-14/h6-7,12,14H,8-11H2,1-5H3. The Morgan fingerprint density at radius 2 is 1.59 bits per heavy atom. The van der Waals surface area contributed by atoms with E-state index in [0.29, 0.717) is 5.92 Å². The number of benzene rings is 1. The van der Waals surface area contributed by atoms with Crippen molar-refractivity contribution in [1.29, 1.82) is 0 Å². The Balaban J connectivity index is 1.81. The van der Waals surface area contributed by atoms with E-state index in [1.807, 2.05) is 0 Å². The quantitative estimate of drug-likeness (QED) is 0.785. The van der Waals surface area contributed by atoms with Gasteiger partial charge in [0.25, 0.3) is 0 Å². The van der Waals surface area contributed by atoms with Gasteiger partial charge in [-0.15, -0.1) is 0 Å². The molecule has 1 aromatic carbocycles. The van der Waals surface area contributed by atoms with E-state index in [1.165, 1.54) is 11.1 Å². The van der Waals surface area contributed by atoms with Crippen molar-refractivity contribution >= 4 is 12.6 Å². The molecule has 2 aliphatic rings. The molecule has 3 rings (SSSR count). The summed E-state index contributed by atoms with van der Waals surface area (Å²) in [4.78, 5) is 0. The zero-order valence-corrected chi connectivity index (χ0v) is 14.4. The predicted octanol–water partition coefficient (Wildman–Crippen LogP) is 3.19. The minimum Gasteiger partial charge on any atom is -0.399 e. The molecule has 2 heterocycles. The number of hydrogen-bond donors (Lipinski definition) is 0. The molecule has 0 radical (unpaired) electrons. The van der Waals surface area contributed by atoms with E-state index in [0.717, 1.165) is 31.5 Å². The lowest BCUT2D eigenvalue weighted by Crippen LogP contribution is -2.41. The number of hydrogen-bond acceptors (Lipinski definition) is 3. The zero-order valence-electron chi connectivity index (χ0n) is 14.4. The molecule has 0 N–H and O–H groups in total. The van der Waals surface area contributed by atoms with E-state index < -0.39 is 0 Å². The second-order valence-electron chi connectivity index (χ2n) is 7.59. The Morgan fingerprint density at radius 1 is 1.00 bits per heavy atom. The fourth-order valence-corrected chi connectivity index (χ4v) is 3.29. The van der Waals surface area contributed by atoms with Crippen molar-refractivity contribution in [3.05, 3.63) is 29.3 Å². The van der Waals surface area contributed by atoms with Gasteiger partial charge in [0.2, 0.25) is 0 Å². The zero-order chi connectivity index (χ0) is 16.0. The maximum absolute atomic E-state index is 6.15. The van der Waals surface area contributed by atoms with Crippen LogP contribution in [0.5, 0.6) is 0 Å². The average molecular weight is 302 g/mol. The van der Waals surface area contributed by atoms with Gasteiger partial charge < -0.3 is 14.0 Å². The van der Waals surface area contributed by atoms with Crippen molar-refractivity contribution in [1.82, 2.24) is 0 Å². The molecular formula is C18H27BO3. The third-order valence-corrected chi connectivity index (χ3v) is 5.48. The Hall–Kier alpha value is -0.835. The smallest absolute Gasteiger partial charge is 0.399 e. The van der Waals surface area contributed by atoms with Crippen LogP contribution in [0.2, 0.25) is 0 Å². The highest BCUT2D eigenvalue weighted by Crippen LogP contribution is 2.37. The lowest BCUT2D eigenvalue weighted by atomic mass is 9.76. The molecule has 0 unspecified atom stereocenters. The molecule has 2 fully saturated rings. The highest BCUT2D eigenvalue weighted by Gasteiger charge is 2.51. The highest BCUT2D eigenvalue weighted by atomic mass is 16.7. The van der Waals surface area contributed by atoms with Gasteiger partial charge in [0, 0.05) is 13.2 Å². The summed E-state index contributed by atoms with van der Waals surface area (Å²) in [6, 6.07) is 6.65. The molecule has 0 amide bonds. The first-order chi connectivity index (χ1) is 10.3. The van der Waals surface area contributed by atoms with Crippen molar-refractivity contribution in [3.63, 3.8) is 0 Å². The van der Waals surface area contributed by atoms with Crippen LogP contribution >= 0.6 is 0 Å². The van der Waals surface area contributed by atoms with Gasteiger partial charge in [-0.3, -0.25) is 0 Å². The van der Waals surface area contributed by atoms with Crippen LogP contribution in [0, 0.1) is 6.92 Å². The maximum atomic E-state index is 6.15. The maximum Gasteiger partial charge on any atom is 0.494 e. The molecular weight excluding hydrogens is 275 g/mol. The third-order valence-electron chi connectivity index (χ3n) is 5.48. The summed E-state index contributed by atoms with van der Waals surface area (Å²) in [5.41, 5.74) is 3.32. The summed E-state index contributed by atoms with van der Waals surface area (Å²) in [6.45, 7) is 12.3. The lowest BCUT2D eigenvalue weighted by Gasteiger charge is -2.32. The van der Waals surface area contributed by atoms with E-state index in [9.17, 15) is 0 Å². The average Bonchev–Trinajstić information content (AvgIpc) is 2.68. The molecule has 0 spiro atoms. The first-order valence-corrected chi connectivity index (χ1v) is 8.34. The van der Waals surface area contributed by atoms with E-state index in [-0.39, 0.29) is 18.3 Å². The molecule has 3 nitrogen and oxygen atoms in total. The van der Waals surface area contributed by atoms with Crippen molar-refractivity contribution < 1.29 is 14.0 Å². The topological polar surface area (TPSA) is 27.7 Å². The normalized spacial score (nSPS) is 24.7. The monoisotopic (exact) mass is 302 g/mol. The lowest BCUT2D eigenvalue weighted by molar-refractivity contribution is 0.00578. The minimum atomic E-state index is -0.287. The van der Waals surface area contributed by atoms with Crippen LogP contribution in [0.1, 0.15) is 57.6 Å². The number of aryl methyl sites for hydroxylation is 1. The van der Waals surface area contributed by atoms with Crippen molar-refractivity contribution in [2.75, 3.05) is 13.2 Å².